The number of hydrogen-bond acceptors (Lipinski definition) is 3. The molecule has 0 aliphatic heterocycles. The van der Waals surface area contributed by atoms with E-state index in [4.69, 9.17) is 0 Å². The number of imidazole rings is 1. The van der Waals surface area contributed by atoms with Crippen molar-refractivity contribution in [2.45, 2.75) is 13.8 Å². The van der Waals surface area contributed by atoms with E-state index in [2.05, 4.69) is 4.98 Å². The predicted octanol–water partition coefficient (Wildman–Crippen LogP) is 3.94. The van der Waals surface area contributed by atoms with Gasteiger partial charge in [-0.05, 0) is 18.2 Å². The Morgan fingerprint density at radius 1 is 1.10 bits per heavy atom. The van der Waals surface area contributed by atoms with Crippen LogP contribution >= 0.6 is 0 Å². The molecule has 0 unspecified atom stereocenters. The van der Waals surface area contributed by atoms with Crippen molar-refractivity contribution in [3.63, 3.8) is 0 Å². The van der Waals surface area contributed by atoms with Crippen molar-refractivity contribution < 1.29 is 4.92 Å². The molecular formula is C15H15N3O2. The van der Waals surface area contributed by atoms with Gasteiger partial charge in [0, 0.05) is 18.5 Å². The minimum Gasteiger partial charge on any atom is -0.306 e. The molecule has 0 bridgehead atoms. The number of fused-ring (bicyclic) bond motifs is 1. The Hall–Kier alpha value is -2.69. The second-order valence-corrected chi connectivity index (χ2v) is 3.87. The number of nitrogens with zero attached hydrogens (tertiary/aromatic N) is 3. The number of nitro benzene ring substituents is 1. The number of rotatable bonds is 2. The molecule has 0 N–H and O–H groups in total. The highest BCUT2D eigenvalue weighted by molar-refractivity contribution is 5.72. The summed E-state index contributed by atoms with van der Waals surface area (Å²) in [7, 11) is 0. The van der Waals surface area contributed by atoms with E-state index in [1.807, 2.05) is 42.6 Å². The Balaban J connectivity index is 0.000000704. The van der Waals surface area contributed by atoms with E-state index in [1.165, 1.54) is 6.07 Å². The Morgan fingerprint density at radius 2 is 1.80 bits per heavy atom. The molecule has 5 nitrogen and oxygen atoms in total. The molecule has 102 valence electrons. The zero-order valence-electron chi connectivity index (χ0n) is 11.4. The number of benzene rings is 1. The number of hydrogen-bond donors (Lipinski definition) is 0. The molecule has 0 radical (unpaired) electrons. The van der Waals surface area contributed by atoms with Gasteiger partial charge in [-0.15, -0.1) is 0 Å². The Morgan fingerprint density at radius 3 is 2.50 bits per heavy atom. The number of pyridine rings is 1. The van der Waals surface area contributed by atoms with Crippen molar-refractivity contribution in [3.8, 4) is 11.3 Å². The maximum absolute atomic E-state index is 11.0. The second-order valence-electron chi connectivity index (χ2n) is 3.87. The summed E-state index contributed by atoms with van der Waals surface area (Å²) >= 11 is 0. The van der Waals surface area contributed by atoms with Crippen molar-refractivity contribution in [2.24, 2.45) is 0 Å². The molecule has 3 aromatic rings. The standard InChI is InChI=1S/C13H9N3O2.C2H6/c17-16(18)12-6-2-1-5-10(12)11-9-15-8-4-3-7-13(15)14-11;1-2/h1-9H;1-2H3. The van der Waals surface area contributed by atoms with E-state index < -0.39 is 0 Å². The molecule has 20 heavy (non-hydrogen) atoms. The summed E-state index contributed by atoms with van der Waals surface area (Å²) in [6.07, 6.45) is 3.65. The van der Waals surface area contributed by atoms with Crippen LogP contribution in [-0.4, -0.2) is 14.3 Å². The first-order chi connectivity index (χ1) is 9.75. The lowest BCUT2D eigenvalue weighted by molar-refractivity contribution is -0.384. The van der Waals surface area contributed by atoms with Crippen LogP contribution in [0, 0.1) is 10.1 Å². The third-order valence-corrected chi connectivity index (χ3v) is 2.74. The summed E-state index contributed by atoms with van der Waals surface area (Å²) in [6, 6.07) is 12.2. The zero-order chi connectivity index (χ0) is 14.5. The van der Waals surface area contributed by atoms with Gasteiger partial charge in [0.1, 0.15) is 5.65 Å². The van der Waals surface area contributed by atoms with Crippen LogP contribution in [0.25, 0.3) is 16.9 Å². The van der Waals surface area contributed by atoms with Crippen molar-refractivity contribution in [2.75, 3.05) is 0 Å². The fourth-order valence-corrected chi connectivity index (χ4v) is 1.91. The zero-order valence-corrected chi connectivity index (χ0v) is 11.4. The van der Waals surface area contributed by atoms with Gasteiger partial charge in [-0.25, -0.2) is 4.98 Å². The maximum atomic E-state index is 11.0. The van der Waals surface area contributed by atoms with E-state index in [0.29, 0.717) is 11.3 Å². The maximum Gasteiger partial charge on any atom is 0.278 e. The number of nitro groups is 1. The fourth-order valence-electron chi connectivity index (χ4n) is 1.91. The predicted molar refractivity (Wildman–Crippen MR) is 78.6 cm³/mol. The Kier molecular flexibility index (Phi) is 4.10. The van der Waals surface area contributed by atoms with Gasteiger partial charge in [-0.2, -0.15) is 0 Å². The van der Waals surface area contributed by atoms with Crippen LogP contribution in [0.4, 0.5) is 5.69 Å². The minimum absolute atomic E-state index is 0.0703. The normalized spacial score (nSPS) is 9.90. The summed E-state index contributed by atoms with van der Waals surface area (Å²) in [6.45, 7) is 4.00. The van der Waals surface area contributed by atoms with Gasteiger partial charge >= 0.3 is 0 Å². The molecule has 0 aliphatic carbocycles. The molecule has 0 saturated carbocycles. The molecule has 0 atom stereocenters. The lowest BCUT2D eigenvalue weighted by atomic mass is 10.1. The average Bonchev–Trinajstić information content (AvgIpc) is 2.93. The van der Waals surface area contributed by atoms with Crippen molar-refractivity contribution in [1.82, 2.24) is 9.38 Å². The summed E-state index contributed by atoms with van der Waals surface area (Å²) in [4.78, 5) is 15.0. The summed E-state index contributed by atoms with van der Waals surface area (Å²) in [5.41, 5.74) is 1.98. The number of aromatic nitrogens is 2. The van der Waals surface area contributed by atoms with Crippen LogP contribution in [-0.2, 0) is 0 Å². The molecule has 1 aromatic carbocycles. The SMILES string of the molecule is CC.O=[N+]([O-])c1ccccc1-c1cn2ccccc2n1. The van der Waals surface area contributed by atoms with Crippen LogP contribution in [0.5, 0.6) is 0 Å². The molecule has 0 aliphatic rings. The van der Waals surface area contributed by atoms with Crippen LogP contribution in [0.3, 0.4) is 0 Å². The van der Waals surface area contributed by atoms with Gasteiger partial charge in [0.15, 0.2) is 0 Å². The highest BCUT2D eigenvalue weighted by atomic mass is 16.6. The highest BCUT2D eigenvalue weighted by Crippen LogP contribution is 2.28. The number of para-hydroxylation sites is 1. The fraction of sp³-hybridized carbons (Fsp3) is 0.133. The monoisotopic (exact) mass is 269 g/mol. The quantitative estimate of drug-likeness (QED) is 0.523. The smallest absolute Gasteiger partial charge is 0.278 e. The van der Waals surface area contributed by atoms with Crippen molar-refractivity contribution in [3.05, 3.63) is 65.0 Å². The summed E-state index contributed by atoms with van der Waals surface area (Å²) < 4.78 is 1.84. The molecule has 3 rings (SSSR count). The molecule has 2 aromatic heterocycles. The van der Waals surface area contributed by atoms with Gasteiger partial charge in [0.05, 0.1) is 16.2 Å². The molecule has 0 spiro atoms. The van der Waals surface area contributed by atoms with Gasteiger partial charge in [0.25, 0.3) is 5.69 Å². The van der Waals surface area contributed by atoms with E-state index in [0.717, 1.165) is 5.65 Å². The Labute approximate surface area is 116 Å². The van der Waals surface area contributed by atoms with Crippen LogP contribution in [0.2, 0.25) is 0 Å². The van der Waals surface area contributed by atoms with Gasteiger partial charge < -0.3 is 4.40 Å². The first-order valence-electron chi connectivity index (χ1n) is 6.43. The van der Waals surface area contributed by atoms with Crippen molar-refractivity contribution in [1.29, 1.82) is 0 Å². The second kappa shape index (κ2) is 5.97. The topological polar surface area (TPSA) is 60.4 Å². The van der Waals surface area contributed by atoms with E-state index >= 15 is 0 Å². The Bertz CT molecular complexity index is 702. The third-order valence-electron chi connectivity index (χ3n) is 2.74. The van der Waals surface area contributed by atoms with Crippen LogP contribution in [0.15, 0.2) is 54.9 Å². The minimum atomic E-state index is -0.390. The molecule has 0 saturated heterocycles. The van der Waals surface area contributed by atoms with Crippen LogP contribution in [0.1, 0.15) is 13.8 Å². The third kappa shape index (κ3) is 2.51. The van der Waals surface area contributed by atoms with E-state index in [9.17, 15) is 10.1 Å². The molecule has 0 amide bonds. The summed E-state index contributed by atoms with van der Waals surface area (Å²) in [5, 5.41) is 11.0. The van der Waals surface area contributed by atoms with Crippen molar-refractivity contribution >= 4 is 11.3 Å². The molecule has 0 fully saturated rings. The van der Waals surface area contributed by atoms with E-state index in [-0.39, 0.29) is 10.6 Å². The average molecular weight is 269 g/mol. The lowest BCUT2D eigenvalue weighted by Crippen LogP contribution is -1.91. The first-order valence-corrected chi connectivity index (χ1v) is 6.43. The molecular weight excluding hydrogens is 254 g/mol. The lowest BCUT2D eigenvalue weighted by Gasteiger charge is -1.97. The largest absolute Gasteiger partial charge is 0.306 e. The van der Waals surface area contributed by atoms with Gasteiger partial charge in [0.2, 0.25) is 0 Å². The van der Waals surface area contributed by atoms with E-state index in [1.54, 1.807) is 24.4 Å². The molecule has 5 heteroatoms. The van der Waals surface area contributed by atoms with Gasteiger partial charge in [-0.3, -0.25) is 10.1 Å². The first kappa shape index (κ1) is 13.7. The summed E-state index contributed by atoms with van der Waals surface area (Å²) in [5.74, 6) is 0. The van der Waals surface area contributed by atoms with Crippen LogP contribution < -0.4 is 0 Å². The molecule has 2 heterocycles. The van der Waals surface area contributed by atoms with Gasteiger partial charge in [-0.1, -0.05) is 32.0 Å². The highest BCUT2D eigenvalue weighted by Gasteiger charge is 2.16.